The van der Waals surface area contributed by atoms with E-state index in [0.29, 0.717) is 19.5 Å². The molecule has 0 radical (unpaired) electrons. The lowest BCUT2D eigenvalue weighted by Crippen LogP contribution is -2.40. The molecule has 1 N–H and O–H groups in total. The smallest absolute Gasteiger partial charge is 0.236 e. The third-order valence-corrected chi connectivity index (χ3v) is 3.91. The second-order valence-corrected chi connectivity index (χ2v) is 5.07. The van der Waals surface area contributed by atoms with E-state index in [9.17, 15) is 4.79 Å². The van der Waals surface area contributed by atoms with Crippen LogP contribution in [0.2, 0.25) is 0 Å². The molecule has 1 amide bonds. The Kier molecular flexibility index (Phi) is 4.18. The van der Waals surface area contributed by atoms with E-state index in [2.05, 4.69) is 22.7 Å². The van der Waals surface area contributed by atoms with Crippen LogP contribution in [0.1, 0.15) is 16.9 Å². The molecule has 1 aromatic heterocycles. The van der Waals surface area contributed by atoms with Crippen LogP contribution >= 0.6 is 11.3 Å². The van der Waals surface area contributed by atoms with Crippen LogP contribution in [0.5, 0.6) is 0 Å². The standard InChI is InChI=1S/C13H16N2OS/c1-2-3-6-14-9-13(16)15-7-4-12-11(10-15)5-8-17-12/h1,5,8,14H,3-4,6-7,9-10H2. The second kappa shape index (κ2) is 5.85. The highest BCUT2D eigenvalue weighted by Crippen LogP contribution is 2.23. The quantitative estimate of drug-likeness (QED) is 0.642. The molecule has 0 saturated carbocycles. The van der Waals surface area contributed by atoms with Gasteiger partial charge in [-0.25, -0.2) is 0 Å². The first-order valence-corrected chi connectivity index (χ1v) is 6.66. The minimum Gasteiger partial charge on any atom is -0.337 e. The van der Waals surface area contributed by atoms with Crippen LogP contribution in [0.15, 0.2) is 11.4 Å². The van der Waals surface area contributed by atoms with Gasteiger partial charge in [-0.1, -0.05) is 0 Å². The summed E-state index contributed by atoms with van der Waals surface area (Å²) in [4.78, 5) is 15.2. The Morgan fingerprint density at radius 3 is 3.35 bits per heavy atom. The topological polar surface area (TPSA) is 32.3 Å². The summed E-state index contributed by atoms with van der Waals surface area (Å²) in [5, 5.41) is 5.17. The van der Waals surface area contributed by atoms with Crippen molar-refractivity contribution < 1.29 is 4.79 Å². The first-order valence-electron chi connectivity index (χ1n) is 5.78. The van der Waals surface area contributed by atoms with Gasteiger partial charge in [-0.2, -0.15) is 0 Å². The number of carbonyl (C=O) groups is 1. The lowest BCUT2D eigenvalue weighted by Gasteiger charge is -2.27. The molecule has 1 aromatic rings. The van der Waals surface area contributed by atoms with Crippen molar-refractivity contribution in [3.63, 3.8) is 0 Å². The van der Waals surface area contributed by atoms with E-state index >= 15 is 0 Å². The number of carbonyl (C=O) groups excluding carboxylic acids is 1. The molecule has 0 unspecified atom stereocenters. The van der Waals surface area contributed by atoms with Gasteiger partial charge in [-0.15, -0.1) is 23.7 Å². The molecular weight excluding hydrogens is 232 g/mol. The number of terminal acetylenes is 1. The minimum absolute atomic E-state index is 0.166. The molecule has 0 bridgehead atoms. The molecule has 0 aliphatic carbocycles. The van der Waals surface area contributed by atoms with Gasteiger partial charge in [0, 0.05) is 30.9 Å². The summed E-state index contributed by atoms with van der Waals surface area (Å²) in [6, 6.07) is 2.12. The predicted octanol–water partition coefficient (Wildman–Crippen LogP) is 1.25. The molecule has 3 nitrogen and oxygen atoms in total. The molecule has 90 valence electrons. The van der Waals surface area contributed by atoms with Gasteiger partial charge in [-0.05, 0) is 23.4 Å². The number of nitrogens with one attached hydrogen (secondary N) is 1. The van der Waals surface area contributed by atoms with Crippen LogP contribution in [0.4, 0.5) is 0 Å². The summed E-state index contributed by atoms with van der Waals surface area (Å²) in [5.41, 5.74) is 1.30. The van der Waals surface area contributed by atoms with Crippen LogP contribution in [-0.4, -0.2) is 30.4 Å². The second-order valence-electron chi connectivity index (χ2n) is 4.07. The molecule has 0 spiro atoms. The number of amides is 1. The third-order valence-electron chi connectivity index (χ3n) is 2.88. The highest BCUT2D eigenvalue weighted by atomic mass is 32.1. The van der Waals surface area contributed by atoms with Gasteiger partial charge >= 0.3 is 0 Å². The molecular formula is C13H16N2OS. The van der Waals surface area contributed by atoms with Crippen molar-refractivity contribution in [2.75, 3.05) is 19.6 Å². The summed E-state index contributed by atoms with van der Waals surface area (Å²) >= 11 is 1.79. The van der Waals surface area contributed by atoms with Crippen LogP contribution in [0.25, 0.3) is 0 Å². The fourth-order valence-electron chi connectivity index (χ4n) is 1.93. The maximum absolute atomic E-state index is 11.9. The zero-order valence-electron chi connectivity index (χ0n) is 9.74. The number of hydrogen-bond donors (Lipinski definition) is 1. The number of fused-ring (bicyclic) bond motifs is 1. The highest BCUT2D eigenvalue weighted by molar-refractivity contribution is 7.10. The van der Waals surface area contributed by atoms with E-state index in [-0.39, 0.29) is 5.91 Å². The maximum Gasteiger partial charge on any atom is 0.236 e. The molecule has 0 atom stereocenters. The Hall–Kier alpha value is -1.31. The van der Waals surface area contributed by atoms with Crippen molar-refractivity contribution >= 4 is 17.2 Å². The molecule has 0 aromatic carbocycles. The minimum atomic E-state index is 0.166. The van der Waals surface area contributed by atoms with Gasteiger partial charge in [0.15, 0.2) is 0 Å². The number of nitrogens with zero attached hydrogens (tertiary/aromatic N) is 1. The van der Waals surface area contributed by atoms with E-state index in [1.807, 2.05) is 4.90 Å². The first-order chi connectivity index (χ1) is 8.31. The number of thiophene rings is 1. The summed E-state index contributed by atoms with van der Waals surface area (Å²) in [6.45, 7) is 2.69. The van der Waals surface area contributed by atoms with Crippen LogP contribution in [-0.2, 0) is 17.8 Å². The largest absolute Gasteiger partial charge is 0.337 e. The van der Waals surface area contributed by atoms with Crippen LogP contribution in [0.3, 0.4) is 0 Å². The molecule has 2 rings (SSSR count). The molecule has 2 heterocycles. The van der Waals surface area contributed by atoms with Gasteiger partial charge in [-0.3, -0.25) is 4.79 Å². The zero-order valence-corrected chi connectivity index (χ0v) is 10.6. The fraction of sp³-hybridized carbons (Fsp3) is 0.462. The Bertz CT molecular complexity index is 433. The van der Waals surface area contributed by atoms with Gasteiger partial charge in [0.25, 0.3) is 0 Å². The lowest BCUT2D eigenvalue weighted by atomic mass is 10.1. The Morgan fingerprint density at radius 1 is 1.65 bits per heavy atom. The molecule has 4 heteroatoms. The zero-order chi connectivity index (χ0) is 12.1. The van der Waals surface area contributed by atoms with Gasteiger partial charge in [0.05, 0.1) is 6.54 Å². The van der Waals surface area contributed by atoms with Crippen molar-refractivity contribution in [3.05, 3.63) is 21.9 Å². The third kappa shape index (κ3) is 3.09. The first kappa shape index (κ1) is 12.2. The predicted molar refractivity (Wildman–Crippen MR) is 69.8 cm³/mol. The van der Waals surface area contributed by atoms with E-state index in [1.54, 1.807) is 11.3 Å². The van der Waals surface area contributed by atoms with Crippen LogP contribution in [0, 0.1) is 12.3 Å². The van der Waals surface area contributed by atoms with Crippen molar-refractivity contribution in [3.8, 4) is 12.3 Å². The Morgan fingerprint density at radius 2 is 2.53 bits per heavy atom. The van der Waals surface area contributed by atoms with Crippen molar-refractivity contribution in [1.82, 2.24) is 10.2 Å². The molecule has 1 aliphatic rings. The van der Waals surface area contributed by atoms with Crippen molar-refractivity contribution in [1.29, 1.82) is 0 Å². The molecule has 1 aliphatic heterocycles. The summed E-state index contributed by atoms with van der Waals surface area (Å²) in [6.07, 6.45) is 6.80. The Labute approximate surface area is 106 Å². The monoisotopic (exact) mass is 248 g/mol. The average Bonchev–Trinajstić information content (AvgIpc) is 2.81. The van der Waals surface area contributed by atoms with Crippen molar-refractivity contribution in [2.24, 2.45) is 0 Å². The Balaban J connectivity index is 1.80. The van der Waals surface area contributed by atoms with Gasteiger partial charge in [0.2, 0.25) is 5.91 Å². The van der Waals surface area contributed by atoms with Gasteiger partial charge in [0.1, 0.15) is 0 Å². The summed E-state index contributed by atoms with van der Waals surface area (Å²) in [7, 11) is 0. The maximum atomic E-state index is 11.9. The van der Waals surface area contributed by atoms with E-state index in [0.717, 1.165) is 19.5 Å². The average molecular weight is 248 g/mol. The summed E-state index contributed by atoms with van der Waals surface area (Å²) < 4.78 is 0. The normalized spacial score (nSPS) is 14.2. The van der Waals surface area contributed by atoms with Crippen molar-refractivity contribution in [2.45, 2.75) is 19.4 Å². The van der Waals surface area contributed by atoms with Crippen LogP contribution < -0.4 is 5.32 Å². The lowest BCUT2D eigenvalue weighted by molar-refractivity contribution is -0.131. The highest BCUT2D eigenvalue weighted by Gasteiger charge is 2.20. The van der Waals surface area contributed by atoms with Gasteiger partial charge < -0.3 is 10.2 Å². The van der Waals surface area contributed by atoms with E-state index in [1.165, 1.54) is 10.4 Å². The van der Waals surface area contributed by atoms with E-state index in [4.69, 9.17) is 6.42 Å². The molecule has 0 saturated heterocycles. The fourth-order valence-corrected chi connectivity index (χ4v) is 2.82. The number of rotatable bonds is 4. The number of hydrogen-bond acceptors (Lipinski definition) is 3. The molecule has 17 heavy (non-hydrogen) atoms. The molecule has 0 fully saturated rings. The van der Waals surface area contributed by atoms with E-state index < -0.39 is 0 Å². The SMILES string of the molecule is C#CCCNCC(=O)N1CCc2sccc2C1. The summed E-state index contributed by atoms with van der Waals surface area (Å²) in [5.74, 6) is 2.71.